The fourth-order valence-electron chi connectivity index (χ4n) is 2.84. The second-order valence-electron chi connectivity index (χ2n) is 5.15. The van der Waals surface area contributed by atoms with E-state index < -0.39 is 0 Å². The molecule has 0 aromatic heterocycles. The molecule has 86 valence electrons. The van der Waals surface area contributed by atoms with E-state index in [4.69, 9.17) is 0 Å². The molecule has 0 radical (unpaired) electrons. The highest BCUT2D eigenvalue weighted by Gasteiger charge is 2.20. The lowest BCUT2D eigenvalue weighted by atomic mass is 9.78. The van der Waals surface area contributed by atoms with Gasteiger partial charge in [0.2, 0.25) is 0 Å². The van der Waals surface area contributed by atoms with Crippen molar-refractivity contribution >= 4 is 0 Å². The van der Waals surface area contributed by atoms with Gasteiger partial charge < -0.3 is 0 Å². The zero-order chi connectivity index (χ0) is 11.4. The van der Waals surface area contributed by atoms with Crippen molar-refractivity contribution in [2.45, 2.75) is 44.9 Å². The van der Waals surface area contributed by atoms with Crippen LogP contribution in [-0.2, 0) is 6.42 Å². The Kier molecular flexibility index (Phi) is 3.82. The van der Waals surface area contributed by atoms with Crippen molar-refractivity contribution in [1.29, 1.82) is 0 Å². The zero-order valence-corrected chi connectivity index (χ0v) is 10.3. The molecule has 0 unspecified atom stereocenters. The van der Waals surface area contributed by atoms with Crippen molar-refractivity contribution in [3.63, 3.8) is 0 Å². The highest BCUT2D eigenvalue weighted by Crippen LogP contribution is 2.36. The molecule has 0 amide bonds. The number of hydrogen-bond acceptors (Lipinski definition) is 0. The molecule has 0 heterocycles. The highest BCUT2D eigenvalue weighted by molar-refractivity contribution is 5.32. The van der Waals surface area contributed by atoms with Gasteiger partial charge in [0, 0.05) is 0 Å². The van der Waals surface area contributed by atoms with Crippen LogP contribution >= 0.6 is 0 Å². The van der Waals surface area contributed by atoms with Crippen molar-refractivity contribution in [3.05, 3.63) is 48.0 Å². The van der Waals surface area contributed by atoms with Crippen LogP contribution in [0.3, 0.4) is 0 Å². The van der Waals surface area contributed by atoms with E-state index in [-0.39, 0.29) is 0 Å². The van der Waals surface area contributed by atoms with Crippen molar-refractivity contribution in [2.75, 3.05) is 0 Å². The van der Waals surface area contributed by atoms with E-state index in [2.05, 4.69) is 37.8 Å². The second kappa shape index (κ2) is 5.34. The third kappa shape index (κ3) is 2.55. The Hall–Kier alpha value is -1.04. The van der Waals surface area contributed by atoms with E-state index in [1.54, 1.807) is 5.56 Å². The Morgan fingerprint density at radius 2 is 1.88 bits per heavy atom. The van der Waals surface area contributed by atoms with Gasteiger partial charge in [-0.05, 0) is 42.2 Å². The average Bonchev–Trinajstić information content (AvgIpc) is 2.32. The van der Waals surface area contributed by atoms with Crippen LogP contribution in [0.15, 0.2) is 36.9 Å². The molecule has 0 N–H and O–H groups in total. The third-order valence-corrected chi connectivity index (χ3v) is 3.88. The van der Waals surface area contributed by atoms with Gasteiger partial charge in [-0.15, -0.1) is 6.58 Å². The monoisotopic (exact) mass is 214 g/mol. The maximum absolute atomic E-state index is 3.85. The molecule has 16 heavy (non-hydrogen) atoms. The first-order valence-electron chi connectivity index (χ1n) is 6.50. The predicted octanol–water partition coefficient (Wildman–Crippen LogP) is 4.71. The number of rotatable bonds is 3. The minimum Gasteiger partial charge on any atom is -0.103 e. The first kappa shape index (κ1) is 11.4. The molecular weight excluding hydrogens is 192 g/mol. The van der Waals surface area contributed by atoms with Crippen LogP contribution in [0.25, 0.3) is 0 Å². The first-order valence-corrected chi connectivity index (χ1v) is 6.50. The summed E-state index contributed by atoms with van der Waals surface area (Å²) in [6.07, 6.45) is 8.57. The second-order valence-corrected chi connectivity index (χ2v) is 5.15. The van der Waals surface area contributed by atoms with E-state index in [9.17, 15) is 0 Å². The Bertz CT molecular complexity index is 343. The van der Waals surface area contributed by atoms with Gasteiger partial charge in [0.05, 0.1) is 0 Å². The van der Waals surface area contributed by atoms with Crippen molar-refractivity contribution < 1.29 is 0 Å². The van der Waals surface area contributed by atoms with E-state index in [1.807, 2.05) is 6.08 Å². The Balaban J connectivity index is 2.16. The summed E-state index contributed by atoms with van der Waals surface area (Å²) in [5.74, 6) is 1.73. The van der Waals surface area contributed by atoms with Gasteiger partial charge in [-0.2, -0.15) is 0 Å². The number of benzene rings is 1. The minimum absolute atomic E-state index is 0.798. The van der Waals surface area contributed by atoms with Crippen LogP contribution in [0, 0.1) is 5.92 Å². The summed E-state index contributed by atoms with van der Waals surface area (Å²) in [7, 11) is 0. The van der Waals surface area contributed by atoms with Crippen LogP contribution < -0.4 is 0 Å². The summed E-state index contributed by atoms with van der Waals surface area (Å²) < 4.78 is 0. The molecule has 1 saturated carbocycles. The quantitative estimate of drug-likeness (QED) is 0.639. The molecule has 0 bridgehead atoms. The Morgan fingerprint density at radius 3 is 2.56 bits per heavy atom. The largest absolute Gasteiger partial charge is 0.103 e. The topological polar surface area (TPSA) is 0 Å². The minimum atomic E-state index is 0.798. The van der Waals surface area contributed by atoms with E-state index in [0.29, 0.717) is 0 Å². The SMILES string of the molecule is C=CCc1ccccc1C1CCC(C)CC1. The van der Waals surface area contributed by atoms with Gasteiger partial charge in [-0.1, -0.05) is 50.1 Å². The summed E-state index contributed by atoms with van der Waals surface area (Å²) >= 11 is 0. The molecule has 0 spiro atoms. The lowest BCUT2D eigenvalue weighted by molar-refractivity contribution is 0.347. The summed E-state index contributed by atoms with van der Waals surface area (Å²) in [6.45, 7) is 6.24. The van der Waals surface area contributed by atoms with Crippen molar-refractivity contribution in [1.82, 2.24) is 0 Å². The Labute approximate surface area is 99.4 Å². The normalized spacial score (nSPS) is 25.3. The van der Waals surface area contributed by atoms with Crippen LogP contribution in [0.4, 0.5) is 0 Å². The van der Waals surface area contributed by atoms with Gasteiger partial charge >= 0.3 is 0 Å². The van der Waals surface area contributed by atoms with Crippen LogP contribution in [0.5, 0.6) is 0 Å². The van der Waals surface area contributed by atoms with Gasteiger partial charge in [-0.25, -0.2) is 0 Å². The highest BCUT2D eigenvalue weighted by atomic mass is 14.3. The predicted molar refractivity (Wildman–Crippen MR) is 70.7 cm³/mol. The lowest BCUT2D eigenvalue weighted by Gasteiger charge is -2.27. The van der Waals surface area contributed by atoms with Crippen molar-refractivity contribution in [3.8, 4) is 0 Å². The van der Waals surface area contributed by atoms with Crippen LogP contribution in [-0.4, -0.2) is 0 Å². The molecular formula is C16H22. The van der Waals surface area contributed by atoms with Gasteiger partial charge in [0.1, 0.15) is 0 Å². The lowest BCUT2D eigenvalue weighted by Crippen LogP contribution is -2.12. The molecule has 0 heteroatoms. The molecule has 1 aromatic rings. The molecule has 0 aliphatic heterocycles. The molecule has 0 nitrogen and oxygen atoms in total. The van der Waals surface area contributed by atoms with E-state index in [0.717, 1.165) is 18.3 Å². The average molecular weight is 214 g/mol. The van der Waals surface area contributed by atoms with Crippen molar-refractivity contribution in [2.24, 2.45) is 5.92 Å². The fraction of sp³-hybridized carbons (Fsp3) is 0.500. The van der Waals surface area contributed by atoms with Crippen LogP contribution in [0.2, 0.25) is 0 Å². The third-order valence-electron chi connectivity index (χ3n) is 3.88. The maximum atomic E-state index is 3.85. The summed E-state index contributed by atoms with van der Waals surface area (Å²) in [4.78, 5) is 0. The number of hydrogen-bond donors (Lipinski definition) is 0. The van der Waals surface area contributed by atoms with Gasteiger partial charge in [-0.3, -0.25) is 0 Å². The molecule has 2 rings (SSSR count). The molecule has 1 aromatic carbocycles. The molecule has 0 atom stereocenters. The fourth-order valence-corrected chi connectivity index (χ4v) is 2.84. The van der Waals surface area contributed by atoms with Crippen LogP contribution in [0.1, 0.15) is 49.7 Å². The van der Waals surface area contributed by atoms with Gasteiger partial charge in [0.15, 0.2) is 0 Å². The van der Waals surface area contributed by atoms with E-state index in [1.165, 1.54) is 31.2 Å². The molecule has 1 aliphatic rings. The Morgan fingerprint density at radius 1 is 1.19 bits per heavy atom. The summed E-state index contributed by atoms with van der Waals surface area (Å²) in [6, 6.07) is 8.91. The molecule has 0 saturated heterocycles. The van der Waals surface area contributed by atoms with Gasteiger partial charge in [0.25, 0.3) is 0 Å². The maximum Gasteiger partial charge on any atom is -0.00973 e. The molecule has 1 aliphatic carbocycles. The standard InChI is InChI=1S/C16H22/c1-3-6-14-7-4-5-8-16(14)15-11-9-13(2)10-12-15/h3-5,7-8,13,15H,1,6,9-12H2,2H3. The smallest absolute Gasteiger partial charge is 0.00973 e. The van der Waals surface area contributed by atoms with E-state index >= 15 is 0 Å². The zero-order valence-electron chi connectivity index (χ0n) is 10.3. The molecule has 1 fully saturated rings. The first-order chi connectivity index (χ1) is 7.81. The summed E-state index contributed by atoms with van der Waals surface area (Å²) in [5, 5.41) is 0. The summed E-state index contributed by atoms with van der Waals surface area (Å²) in [5.41, 5.74) is 3.06. The number of allylic oxidation sites excluding steroid dienone is 1.